The van der Waals surface area contributed by atoms with E-state index >= 15 is 0 Å². The molecule has 1 aliphatic rings. The number of rotatable bonds is 8. The van der Waals surface area contributed by atoms with E-state index < -0.39 is 4.92 Å². The number of likely N-dealkylation sites (N-methyl/N-ethyl adjacent to an activating group) is 1. The fourth-order valence-corrected chi connectivity index (χ4v) is 2.06. The van der Waals surface area contributed by atoms with Crippen LogP contribution < -0.4 is 15.4 Å². The van der Waals surface area contributed by atoms with Crippen LogP contribution in [-0.4, -0.2) is 54.9 Å². The second kappa shape index (κ2) is 7.62. The summed E-state index contributed by atoms with van der Waals surface area (Å²) in [6.07, 6.45) is 1.97. The van der Waals surface area contributed by atoms with E-state index in [1.165, 1.54) is 37.3 Å². The molecule has 130 valence electrons. The van der Waals surface area contributed by atoms with Crippen LogP contribution in [0.2, 0.25) is 0 Å². The topological polar surface area (TPSA) is 114 Å². The normalized spacial score (nSPS) is 13.1. The number of nitrogens with one attached hydrogen (secondary N) is 2. The lowest BCUT2D eigenvalue weighted by Crippen LogP contribution is -2.41. The van der Waals surface area contributed by atoms with Gasteiger partial charge in [-0.25, -0.2) is 0 Å². The highest BCUT2D eigenvalue weighted by Crippen LogP contribution is 2.28. The lowest BCUT2D eigenvalue weighted by molar-refractivity contribution is -0.384. The molecule has 2 amide bonds. The predicted molar refractivity (Wildman–Crippen MR) is 86.9 cm³/mol. The van der Waals surface area contributed by atoms with Crippen LogP contribution in [-0.2, 0) is 9.59 Å². The zero-order valence-electron chi connectivity index (χ0n) is 13.6. The first kappa shape index (κ1) is 17.5. The SMILES string of the molecule is COc1ccc([N+](=O)[O-])cc1NCC(=O)N(C)CC(=O)NC1CC1. The predicted octanol–water partition coefficient (Wildman–Crippen LogP) is 0.752. The number of nitro groups is 1. The Bertz CT molecular complexity index is 645. The number of amides is 2. The first-order valence-corrected chi connectivity index (χ1v) is 7.50. The summed E-state index contributed by atoms with van der Waals surface area (Å²) in [6.45, 7) is -0.131. The average molecular weight is 336 g/mol. The van der Waals surface area contributed by atoms with Gasteiger partial charge in [-0.1, -0.05) is 0 Å². The molecule has 0 saturated heterocycles. The number of carbonyl (C=O) groups excluding carboxylic acids is 2. The summed E-state index contributed by atoms with van der Waals surface area (Å²) in [4.78, 5) is 35.4. The fraction of sp³-hybridized carbons (Fsp3) is 0.467. The van der Waals surface area contributed by atoms with E-state index in [1.807, 2.05) is 0 Å². The molecule has 2 N–H and O–H groups in total. The molecule has 24 heavy (non-hydrogen) atoms. The molecule has 0 spiro atoms. The van der Waals surface area contributed by atoms with Crippen molar-refractivity contribution in [2.75, 3.05) is 32.6 Å². The largest absolute Gasteiger partial charge is 0.495 e. The highest BCUT2D eigenvalue weighted by molar-refractivity contribution is 5.87. The molecular weight excluding hydrogens is 316 g/mol. The maximum absolute atomic E-state index is 12.1. The Hall–Kier alpha value is -2.84. The minimum Gasteiger partial charge on any atom is -0.495 e. The molecule has 0 atom stereocenters. The van der Waals surface area contributed by atoms with Gasteiger partial charge in [0.05, 0.1) is 30.8 Å². The van der Waals surface area contributed by atoms with E-state index in [4.69, 9.17) is 4.74 Å². The summed E-state index contributed by atoms with van der Waals surface area (Å²) in [5.74, 6) is -0.113. The van der Waals surface area contributed by atoms with Gasteiger partial charge in [-0.15, -0.1) is 0 Å². The zero-order chi connectivity index (χ0) is 17.7. The molecule has 1 saturated carbocycles. The van der Waals surface area contributed by atoms with Crippen molar-refractivity contribution in [3.05, 3.63) is 28.3 Å². The Morgan fingerprint density at radius 2 is 2.12 bits per heavy atom. The monoisotopic (exact) mass is 336 g/mol. The molecule has 0 radical (unpaired) electrons. The van der Waals surface area contributed by atoms with Crippen LogP contribution >= 0.6 is 0 Å². The standard InChI is InChI=1S/C15H20N4O5/c1-18(9-14(20)17-10-3-4-10)15(21)8-16-12-7-11(19(22)23)5-6-13(12)24-2/h5-7,10,16H,3-4,8-9H2,1-2H3,(H,17,20). The third-order valence-electron chi connectivity index (χ3n) is 3.57. The lowest BCUT2D eigenvalue weighted by atomic mass is 10.2. The Morgan fingerprint density at radius 3 is 2.71 bits per heavy atom. The molecule has 0 bridgehead atoms. The summed E-state index contributed by atoms with van der Waals surface area (Å²) in [7, 11) is 2.96. The van der Waals surface area contributed by atoms with Gasteiger partial charge in [-0.05, 0) is 18.9 Å². The highest BCUT2D eigenvalue weighted by Gasteiger charge is 2.24. The first-order chi connectivity index (χ1) is 11.4. The smallest absolute Gasteiger partial charge is 0.271 e. The molecule has 0 aliphatic heterocycles. The number of benzene rings is 1. The van der Waals surface area contributed by atoms with Crippen molar-refractivity contribution in [2.45, 2.75) is 18.9 Å². The molecule has 1 aromatic carbocycles. The molecule has 1 aliphatic carbocycles. The molecule has 2 rings (SSSR count). The summed E-state index contributed by atoms with van der Waals surface area (Å²) in [5, 5.41) is 16.4. The van der Waals surface area contributed by atoms with Crippen LogP contribution in [0.1, 0.15) is 12.8 Å². The minimum absolute atomic E-state index is 0.0247. The highest BCUT2D eigenvalue weighted by atomic mass is 16.6. The molecular formula is C15H20N4O5. The Morgan fingerprint density at radius 1 is 1.42 bits per heavy atom. The number of ether oxygens (including phenoxy) is 1. The van der Waals surface area contributed by atoms with Gasteiger partial charge in [0.1, 0.15) is 5.75 Å². The number of carbonyl (C=O) groups is 2. The zero-order valence-corrected chi connectivity index (χ0v) is 13.6. The van der Waals surface area contributed by atoms with Gasteiger partial charge >= 0.3 is 0 Å². The van der Waals surface area contributed by atoms with Crippen LogP contribution in [0.25, 0.3) is 0 Å². The van der Waals surface area contributed by atoms with Gasteiger partial charge < -0.3 is 20.3 Å². The van der Waals surface area contributed by atoms with Gasteiger partial charge in [0, 0.05) is 25.2 Å². The molecule has 0 aromatic heterocycles. The van der Waals surface area contributed by atoms with Crippen molar-refractivity contribution in [3.63, 3.8) is 0 Å². The van der Waals surface area contributed by atoms with E-state index in [0.29, 0.717) is 11.4 Å². The van der Waals surface area contributed by atoms with Gasteiger partial charge in [0.15, 0.2) is 0 Å². The molecule has 9 nitrogen and oxygen atoms in total. The summed E-state index contributed by atoms with van der Waals surface area (Å²) in [6, 6.07) is 4.32. The number of methoxy groups -OCH3 is 1. The number of nitro benzene ring substituents is 1. The van der Waals surface area contributed by atoms with Gasteiger partial charge in [-0.3, -0.25) is 19.7 Å². The second-order valence-corrected chi connectivity index (χ2v) is 5.59. The third kappa shape index (κ3) is 4.83. The molecule has 1 fully saturated rings. The Balaban J connectivity index is 1.91. The van der Waals surface area contributed by atoms with Crippen molar-refractivity contribution in [1.29, 1.82) is 0 Å². The van der Waals surface area contributed by atoms with Crippen LogP contribution in [0.3, 0.4) is 0 Å². The maximum Gasteiger partial charge on any atom is 0.271 e. The number of hydrogen-bond donors (Lipinski definition) is 2. The van der Waals surface area contributed by atoms with Gasteiger partial charge in [0.2, 0.25) is 11.8 Å². The van der Waals surface area contributed by atoms with Crippen LogP contribution in [0, 0.1) is 10.1 Å². The number of nitrogens with zero attached hydrogens (tertiary/aromatic N) is 2. The first-order valence-electron chi connectivity index (χ1n) is 7.50. The number of non-ortho nitro benzene ring substituents is 1. The Labute approximate surface area is 139 Å². The van der Waals surface area contributed by atoms with Crippen molar-refractivity contribution in [3.8, 4) is 5.75 Å². The minimum atomic E-state index is -0.527. The summed E-state index contributed by atoms with van der Waals surface area (Å²) in [5.41, 5.74) is 0.235. The van der Waals surface area contributed by atoms with Crippen LogP contribution in [0.4, 0.5) is 11.4 Å². The van der Waals surface area contributed by atoms with Crippen molar-refractivity contribution in [2.24, 2.45) is 0 Å². The Kier molecular flexibility index (Phi) is 5.56. The molecule has 1 aromatic rings. The summed E-state index contributed by atoms with van der Waals surface area (Å²) < 4.78 is 5.11. The maximum atomic E-state index is 12.1. The van der Waals surface area contributed by atoms with E-state index in [-0.39, 0.29) is 36.6 Å². The van der Waals surface area contributed by atoms with Crippen LogP contribution in [0.15, 0.2) is 18.2 Å². The third-order valence-corrected chi connectivity index (χ3v) is 3.57. The van der Waals surface area contributed by atoms with Gasteiger partial charge in [-0.2, -0.15) is 0 Å². The quantitative estimate of drug-likeness (QED) is 0.535. The van der Waals surface area contributed by atoms with Crippen molar-refractivity contribution in [1.82, 2.24) is 10.2 Å². The average Bonchev–Trinajstić information content (AvgIpc) is 3.35. The van der Waals surface area contributed by atoms with Crippen LogP contribution in [0.5, 0.6) is 5.75 Å². The van der Waals surface area contributed by atoms with E-state index in [1.54, 1.807) is 0 Å². The van der Waals surface area contributed by atoms with E-state index in [9.17, 15) is 19.7 Å². The van der Waals surface area contributed by atoms with Gasteiger partial charge in [0.25, 0.3) is 5.69 Å². The second-order valence-electron chi connectivity index (χ2n) is 5.59. The van der Waals surface area contributed by atoms with Crippen molar-refractivity contribution < 1.29 is 19.2 Å². The summed E-state index contributed by atoms with van der Waals surface area (Å²) >= 11 is 0. The van der Waals surface area contributed by atoms with E-state index in [2.05, 4.69) is 10.6 Å². The van der Waals surface area contributed by atoms with Crippen molar-refractivity contribution >= 4 is 23.2 Å². The molecule has 0 heterocycles. The lowest BCUT2D eigenvalue weighted by Gasteiger charge is -2.18. The molecule has 9 heteroatoms. The number of hydrogen-bond acceptors (Lipinski definition) is 6. The van der Waals surface area contributed by atoms with E-state index in [0.717, 1.165) is 12.8 Å². The molecule has 0 unspecified atom stereocenters. The number of anilines is 1. The fourth-order valence-electron chi connectivity index (χ4n) is 2.06.